The molecule has 0 saturated carbocycles. The average Bonchev–Trinajstić information content (AvgIpc) is 2.37. The Morgan fingerprint density at radius 3 is 2.20 bits per heavy atom. The summed E-state index contributed by atoms with van der Waals surface area (Å²) >= 11 is 3.59. The third kappa shape index (κ3) is 3.81. The van der Waals surface area contributed by atoms with E-state index in [2.05, 4.69) is 53.2 Å². The third-order valence-electron chi connectivity index (χ3n) is 3.02. The molecule has 20 heavy (non-hydrogen) atoms. The molecule has 1 N–H and O–H groups in total. The first kappa shape index (κ1) is 15.0. The molecule has 104 valence electrons. The Hall–Kier alpha value is -1.38. The summed E-state index contributed by atoms with van der Waals surface area (Å²) in [6.45, 7) is 5.65. The van der Waals surface area contributed by atoms with Crippen molar-refractivity contribution in [1.82, 2.24) is 0 Å². The van der Waals surface area contributed by atoms with E-state index in [0.717, 1.165) is 21.2 Å². The summed E-state index contributed by atoms with van der Waals surface area (Å²) in [5, 5.41) is 10.2. The lowest BCUT2D eigenvalue weighted by atomic mass is 9.93. The Balaban J connectivity index is 2.60. The van der Waals surface area contributed by atoms with Crippen LogP contribution in [0.5, 0.6) is 0 Å². The Morgan fingerprint density at radius 2 is 1.65 bits per heavy atom. The highest BCUT2D eigenvalue weighted by Gasteiger charge is 2.15. The van der Waals surface area contributed by atoms with Gasteiger partial charge in [-0.25, -0.2) is 0 Å². The second kappa shape index (κ2) is 5.94. The number of hydrogen-bond donors (Lipinski definition) is 1. The van der Waals surface area contributed by atoms with E-state index in [1.165, 1.54) is 5.56 Å². The molecule has 0 saturated heterocycles. The van der Waals surface area contributed by atoms with E-state index < -0.39 is 5.60 Å². The number of benzene rings is 2. The Morgan fingerprint density at radius 1 is 1.05 bits per heavy atom. The van der Waals surface area contributed by atoms with Crippen LogP contribution in [0.4, 0.5) is 0 Å². The minimum absolute atomic E-state index is 0.866. The van der Waals surface area contributed by atoms with Gasteiger partial charge in [-0.05, 0) is 49.6 Å². The van der Waals surface area contributed by atoms with Crippen molar-refractivity contribution in [2.45, 2.75) is 26.4 Å². The fourth-order valence-electron chi connectivity index (χ4n) is 2.08. The molecular weight excluding hydrogens is 312 g/mol. The van der Waals surface area contributed by atoms with Crippen LogP contribution in [0, 0.1) is 6.92 Å². The first-order valence-electron chi connectivity index (χ1n) is 6.64. The maximum absolute atomic E-state index is 10.2. The molecule has 0 atom stereocenters. The molecule has 0 heterocycles. The van der Waals surface area contributed by atoms with Gasteiger partial charge in [0.05, 0.1) is 5.60 Å². The van der Waals surface area contributed by atoms with Crippen molar-refractivity contribution in [3.05, 3.63) is 75.8 Å². The lowest BCUT2D eigenvalue weighted by Gasteiger charge is -2.17. The first-order valence-corrected chi connectivity index (χ1v) is 7.43. The van der Waals surface area contributed by atoms with Crippen LogP contribution in [-0.2, 0) is 0 Å². The smallest absolute Gasteiger partial charge is 0.0780 e. The molecule has 2 aromatic carbocycles. The predicted molar refractivity (Wildman–Crippen MR) is 88.7 cm³/mol. The van der Waals surface area contributed by atoms with Crippen LogP contribution in [0.3, 0.4) is 0 Å². The van der Waals surface area contributed by atoms with Gasteiger partial charge < -0.3 is 5.11 Å². The summed E-state index contributed by atoms with van der Waals surface area (Å²) < 4.78 is 1.02. The standard InChI is InChI=1S/C18H19BrO/c1-13-8-10-14(11-9-13)16(12-18(2,3)20)15-6-4-5-7-17(15)19/h4-12,20H,1-3H3/b16-12-. The van der Waals surface area contributed by atoms with Gasteiger partial charge in [-0.15, -0.1) is 0 Å². The van der Waals surface area contributed by atoms with Crippen LogP contribution in [0.15, 0.2) is 59.1 Å². The Bertz CT molecular complexity index is 619. The minimum atomic E-state index is -0.866. The van der Waals surface area contributed by atoms with Gasteiger partial charge in [0.1, 0.15) is 0 Å². The summed E-state index contributed by atoms with van der Waals surface area (Å²) in [7, 11) is 0. The summed E-state index contributed by atoms with van der Waals surface area (Å²) in [6.07, 6.45) is 1.90. The quantitative estimate of drug-likeness (QED) is 0.843. The fraction of sp³-hybridized carbons (Fsp3) is 0.222. The highest BCUT2D eigenvalue weighted by atomic mass is 79.9. The van der Waals surface area contributed by atoms with Crippen molar-refractivity contribution < 1.29 is 5.11 Å². The van der Waals surface area contributed by atoms with Crippen LogP contribution in [-0.4, -0.2) is 10.7 Å². The lowest BCUT2D eigenvalue weighted by Crippen LogP contribution is -2.15. The Labute approximate surface area is 129 Å². The molecule has 0 amide bonds. The third-order valence-corrected chi connectivity index (χ3v) is 3.72. The first-order chi connectivity index (χ1) is 9.37. The molecule has 0 radical (unpaired) electrons. The summed E-state index contributed by atoms with van der Waals surface area (Å²) in [5.41, 5.74) is 3.58. The van der Waals surface area contributed by atoms with Gasteiger partial charge in [0, 0.05) is 4.47 Å². The number of halogens is 1. The maximum Gasteiger partial charge on any atom is 0.0780 e. The molecule has 0 aromatic heterocycles. The van der Waals surface area contributed by atoms with Gasteiger partial charge in [-0.2, -0.15) is 0 Å². The van der Waals surface area contributed by atoms with E-state index in [9.17, 15) is 5.11 Å². The highest BCUT2D eigenvalue weighted by molar-refractivity contribution is 9.10. The highest BCUT2D eigenvalue weighted by Crippen LogP contribution is 2.31. The van der Waals surface area contributed by atoms with Crippen LogP contribution in [0.25, 0.3) is 5.57 Å². The van der Waals surface area contributed by atoms with E-state index in [1.807, 2.05) is 24.3 Å². The van der Waals surface area contributed by atoms with E-state index in [4.69, 9.17) is 0 Å². The normalized spacial score (nSPS) is 12.6. The van der Waals surface area contributed by atoms with Crippen molar-refractivity contribution in [2.24, 2.45) is 0 Å². The largest absolute Gasteiger partial charge is 0.386 e. The van der Waals surface area contributed by atoms with E-state index in [-0.39, 0.29) is 0 Å². The van der Waals surface area contributed by atoms with Gasteiger partial charge in [0.25, 0.3) is 0 Å². The van der Waals surface area contributed by atoms with Crippen molar-refractivity contribution >= 4 is 21.5 Å². The summed E-state index contributed by atoms with van der Waals surface area (Å²) in [6, 6.07) is 16.4. The van der Waals surface area contributed by atoms with Crippen LogP contribution >= 0.6 is 15.9 Å². The van der Waals surface area contributed by atoms with Crippen molar-refractivity contribution in [1.29, 1.82) is 0 Å². The van der Waals surface area contributed by atoms with Gasteiger partial charge in [-0.1, -0.05) is 64.0 Å². The van der Waals surface area contributed by atoms with Crippen LogP contribution in [0.1, 0.15) is 30.5 Å². The molecule has 0 aliphatic rings. The van der Waals surface area contributed by atoms with Crippen molar-refractivity contribution in [3.8, 4) is 0 Å². The van der Waals surface area contributed by atoms with Crippen LogP contribution in [0.2, 0.25) is 0 Å². The predicted octanol–water partition coefficient (Wildman–Crippen LogP) is 4.96. The molecule has 0 unspecified atom stereocenters. The zero-order valence-electron chi connectivity index (χ0n) is 12.0. The number of aliphatic hydroxyl groups is 1. The topological polar surface area (TPSA) is 20.2 Å². The van der Waals surface area contributed by atoms with Crippen LogP contribution < -0.4 is 0 Å². The number of aryl methyl sites for hydroxylation is 1. The molecule has 0 fully saturated rings. The molecule has 0 spiro atoms. The van der Waals surface area contributed by atoms with Gasteiger partial charge >= 0.3 is 0 Å². The van der Waals surface area contributed by atoms with Crippen molar-refractivity contribution in [3.63, 3.8) is 0 Å². The molecule has 0 bridgehead atoms. The van der Waals surface area contributed by atoms with E-state index >= 15 is 0 Å². The summed E-state index contributed by atoms with van der Waals surface area (Å²) in [4.78, 5) is 0. The number of rotatable bonds is 3. The Kier molecular flexibility index (Phi) is 4.46. The second-order valence-electron chi connectivity index (χ2n) is 5.56. The SMILES string of the molecule is Cc1ccc(/C(=C/C(C)(C)O)c2ccccc2Br)cc1. The second-order valence-corrected chi connectivity index (χ2v) is 6.41. The van der Waals surface area contributed by atoms with E-state index in [1.54, 1.807) is 13.8 Å². The molecule has 0 aliphatic carbocycles. The minimum Gasteiger partial charge on any atom is -0.386 e. The fourth-order valence-corrected chi connectivity index (χ4v) is 2.58. The monoisotopic (exact) mass is 330 g/mol. The van der Waals surface area contributed by atoms with Crippen molar-refractivity contribution in [2.75, 3.05) is 0 Å². The average molecular weight is 331 g/mol. The lowest BCUT2D eigenvalue weighted by molar-refractivity contribution is 0.133. The van der Waals surface area contributed by atoms with Gasteiger partial charge in [0.2, 0.25) is 0 Å². The zero-order valence-corrected chi connectivity index (χ0v) is 13.6. The zero-order chi connectivity index (χ0) is 14.8. The van der Waals surface area contributed by atoms with Gasteiger partial charge in [0.15, 0.2) is 0 Å². The maximum atomic E-state index is 10.2. The molecular formula is C18H19BrO. The van der Waals surface area contributed by atoms with Gasteiger partial charge in [-0.3, -0.25) is 0 Å². The number of hydrogen-bond acceptors (Lipinski definition) is 1. The summed E-state index contributed by atoms with van der Waals surface area (Å²) in [5.74, 6) is 0. The molecule has 2 aromatic rings. The van der Waals surface area contributed by atoms with E-state index in [0.29, 0.717) is 0 Å². The molecule has 2 rings (SSSR count). The molecule has 1 nitrogen and oxygen atoms in total. The molecule has 2 heteroatoms. The molecule has 0 aliphatic heterocycles.